The standard InChI is InChI=1S/C12H25N/c1-4-7-9-12(5-2,6-3)10-8-11-13/h11,13H,4-10H2,1-3H3. The lowest BCUT2D eigenvalue weighted by Gasteiger charge is -2.31. The molecule has 0 unspecified atom stereocenters. The number of hydrogen-bond donors (Lipinski definition) is 1. The van der Waals surface area contributed by atoms with E-state index in [9.17, 15) is 0 Å². The Hall–Kier alpha value is -0.330. The molecule has 0 aromatic carbocycles. The molecule has 0 rings (SSSR count). The van der Waals surface area contributed by atoms with Crippen LogP contribution >= 0.6 is 0 Å². The summed E-state index contributed by atoms with van der Waals surface area (Å²) < 4.78 is 0. The van der Waals surface area contributed by atoms with Crippen LogP contribution in [0.15, 0.2) is 0 Å². The predicted octanol–water partition coefficient (Wildman–Crippen LogP) is 4.41. The van der Waals surface area contributed by atoms with E-state index in [0.29, 0.717) is 5.41 Å². The molecule has 0 spiro atoms. The average Bonchev–Trinajstić information content (AvgIpc) is 2.20. The smallest absolute Gasteiger partial charge is 0.00475 e. The molecule has 1 N–H and O–H groups in total. The van der Waals surface area contributed by atoms with Gasteiger partial charge in [-0.05, 0) is 30.9 Å². The largest absolute Gasteiger partial charge is 0.313 e. The van der Waals surface area contributed by atoms with Gasteiger partial charge in [0.25, 0.3) is 0 Å². The molecule has 0 fully saturated rings. The summed E-state index contributed by atoms with van der Waals surface area (Å²) in [4.78, 5) is 0. The van der Waals surface area contributed by atoms with Crippen molar-refractivity contribution >= 4 is 6.21 Å². The lowest BCUT2D eigenvalue weighted by Crippen LogP contribution is -2.18. The normalized spacial score (nSPS) is 11.6. The van der Waals surface area contributed by atoms with Crippen molar-refractivity contribution in [2.24, 2.45) is 5.41 Å². The van der Waals surface area contributed by atoms with Gasteiger partial charge in [0.05, 0.1) is 0 Å². The van der Waals surface area contributed by atoms with Crippen LogP contribution in [0.5, 0.6) is 0 Å². The summed E-state index contributed by atoms with van der Waals surface area (Å²) in [6.45, 7) is 6.85. The second kappa shape index (κ2) is 7.11. The van der Waals surface area contributed by atoms with Crippen molar-refractivity contribution in [3.63, 3.8) is 0 Å². The van der Waals surface area contributed by atoms with Crippen LogP contribution in [0.2, 0.25) is 0 Å². The monoisotopic (exact) mass is 183 g/mol. The Labute approximate surface area is 83.4 Å². The molecule has 0 amide bonds. The van der Waals surface area contributed by atoms with E-state index >= 15 is 0 Å². The maximum Gasteiger partial charge on any atom is -0.00475 e. The average molecular weight is 183 g/mol. The fourth-order valence-corrected chi connectivity index (χ4v) is 2.01. The zero-order chi connectivity index (χ0) is 10.2. The zero-order valence-electron chi connectivity index (χ0n) is 9.53. The van der Waals surface area contributed by atoms with Gasteiger partial charge in [-0.2, -0.15) is 0 Å². The zero-order valence-corrected chi connectivity index (χ0v) is 9.53. The summed E-state index contributed by atoms with van der Waals surface area (Å²) >= 11 is 0. The van der Waals surface area contributed by atoms with Crippen molar-refractivity contribution in [1.82, 2.24) is 0 Å². The van der Waals surface area contributed by atoms with E-state index < -0.39 is 0 Å². The Morgan fingerprint density at radius 1 is 1.08 bits per heavy atom. The first-order valence-corrected chi connectivity index (χ1v) is 5.73. The summed E-state index contributed by atoms with van der Waals surface area (Å²) in [5, 5.41) is 7.08. The van der Waals surface area contributed by atoms with Crippen LogP contribution in [0.4, 0.5) is 0 Å². The number of unbranched alkanes of at least 4 members (excludes halogenated alkanes) is 1. The maximum atomic E-state index is 7.08. The van der Waals surface area contributed by atoms with Crippen LogP contribution in [-0.4, -0.2) is 6.21 Å². The Morgan fingerprint density at radius 3 is 2.08 bits per heavy atom. The third-order valence-electron chi connectivity index (χ3n) is 3.38. The van der Waals surface area contributed by atoms with Crippen LogP contribution in [0.25, 0.3) is 0 Å². The number of nitrogens with one attached hydrogen (secondary N) is 1. The van der Waals surface area contributed by atoms with Gasteiger partial charge in [0.15, 0.2) is 0 Å². The van der Waals surface area contributed by atoms with Gasteiger partial charge >= 0.3 is 0 Å². The van der Waals surface area contributed by atoms with Crippen molar-refractivity contribution < 1.29 is 0 Å². The van der Waals surface area contributed by atoms with Gasteiger partial charge in [0.1, 0.15) is 0 Å². The second-order valence-electron chi connectivity index (χ2n) is 4.05. The van der Waals surface area contributed by atoms with Gasteiger partial charge in [0.2, 0.25) is 0 Å². The molecule has 0 aromatic rings. The van der Waals surface area contributed by atoms with E-state index in [1.54, 1.807) is 6.21 Å². The maximum absolute atomic E-state index is 7.08. The van der Waals surface area contributed by atoms with E-state index in [0.717, 1.165) is 6.42 Å². The molecule has 0 saturated carbocycles. The lowest BCUT2D eigenvalue weighted by atomic mass is 9.74. The molecule has 0 saturated heterocycles. The van der Waals surface area contributed by atoms with Crippen molar-refractivity contribution in [2.75, 3.05) is 0 Å². The lowest BCUT2D eigenvalue weighted by molar-refractivity contribution is 0.216. The highest BCUT2D eigenvalue weighted by Crippen LogP contribution is 2.36. The molecular formula is C12H25N. The summed E-state index contributed by atoms with van der Waals surface area (Å²) in [5.74, 6) is 0. The summed E-state index contributed by atoms with van der Waals surface area (Å²) in [6.07, 6.45) is 10.3. The molecule has 0 bridgehead atoms. The van der Waals surface area contributed by atoms with Crippen molar-refractivity contribution in [1.29, 1.82) is 5.41 Å². The van der Waals surface area contributed by atoms with Gasteiger partial charge in [-0.3, -0.25) is 0 Å². The highest BCUT2D eigenvalue weighted by Gasteiger charge is 2.23. The fraction of sp³-hybridized carbons (Fsp3) is 0.917. The van der Waals surface area contributed by atoms with E-state index in [4.69, 9.17) is 5.41 Å². The summed E-state index contributed by atoms with van der Waals surface area (Å²) in [6, 6.07) is 0. The Balaban J connectivity index is 4.04. The first-order chi connectivity index (χ1) is 6.24. The predicted molar refractivity (Wildman–Crippen MR) is 60.6 cm³/mol. The molecule has 1 nitrogen and oxygen atoms in total. The van der Waals surface area contributed by atoms with Crippen LogP contribution in [-0.2, 0) is 0 Å². The van der Waals surface area contributed by atoms with Crippen LogP contribution in [0.3, 0.4) is 0 Å². The molecule has 0 aromatic heterocycles. The minimum atomic E-state index is 0.535. The van der Waals surface area contributed by atoms with Crippen LogP contribution < -0.4 is 0 Å². The molecule has 0 heterocycles. The van der Waals surface area contributed by atoms with E-state index in [1.807, 2.05) is 0 Å². The third-order valence-corrected chi connectivity index (χ3v) is 3.38. The van der Waals surface area contributed by atoms with Gasteiger partial charge in [-0.1, -0.05) is 46.5 Å². The molecule has 0 radical (unpaired) electrons. The Morgan fingerprint density at radius 2 is 1.69 bits per heavy atom. The molecule has 1 heteroatoms. The molecule has 13 heavy (non-hydrogen) atoms. The molecule has 0 aliphatic heterocycles. The minimum Gasteiger partial charge on any atom is -0.313 e. The van der Waals surface area contributed by atoms with Crippen LogP contribution in [0.1, 0.15) is 65.7 Å². The highest BCUT2D eigenvalue weighted by atomic mass is 14.3. The second-order valence-corrected chi connectivity index (χ2v) is 4.05. The van der Waals surface area contributed by atoms with Gasteiger partial charge in [0, 0.05) is 0 Å². The minimum absolute atomic E-state index is 0.535. The topological polar surface area (TPSA) is 23.9 Å². The molecule has 0 aliphatic rings. The van der Waals surface area contributed by atoms with Crippen LogP contribution in [0, 0.1) is 10.8 Å². The van der Waals surface area contributed by atoms with Crippen molar-refractivity contribution in [3.8, 4) is 0 Å². The number of hydrogen-bond acceptors (Lipinski definition) is 1. The molecule has 0 atom stereocenters. The SMILES string of the molecule is CCCCC(CC)(CC)CCC=N. The first-order valence-electron chi connectivity index (χ1n) is 5.73. The van der Waals surface area contributed by atoms with Gasteiger partial charge in [-0.15, -0.1) is 0 Å². The van der Waals surface area contributed by atoms with E-state index in [2.05, 4.69) is 20.8 Å². The highest BCUT2D eigenvalue weighted by molar-refractivity contribution is 5.52. The third kappa shape index (κ3) is 4.44. The van der Waals surface area contributed by atoms with Gasteiger partial charge < -0.3 is 5.41 Å². The Kier molecular flexibility index (Phi) is 6.93. The first kappa shape index (κ1) is 12.7. The quantitative estimate of drug-likeness (QED) is 0.539. The molecule has 0 aliphatic carbocycles. The molecular weight excluding hydrogens is 158 g/mol. The Bertz CT molecular complexity index is 125. The fourth-order valence-electron chi connectivity index (χ4n) is 2.01. The van der Waals surface area contributed by atoms with Crippen molar-refractivity contribution in [3.05, 3.63) is 0 Å². The van der Waals surface area contributed by atoms with E-state index in [1.165, 1.54) is 38.5 Å². The van der Waals surface area contributed by atoms with Gasteiger partial charge in [-0.25, -0.2) is 0 Å². The van der Waals surface area contributed by atoms with Crippen molar-refractivity contribution in [2.45, 2.75) is 65.7 Å². The number of rotatable bonds is 8. The molecule has 78 valence electrons. The summed E-state index contributed by atoms with van der Waals surface area (Å²) in [5.41, 5.74) is 0.535. The summed E-state index contributed by atoms with van der Waals surface area (Å²) in [7, 11) is 0. The van der Waals surface area contributed by atoms with E-state index in [-0.39, 0.29) is 0 Å².